The van der Waals surface area contributed by atoms with Crippen LogP contribution in [0.15, 0.2) is 65.0 Å². The van der Waals surface area contributed by atoms with E-state index in [2.05, 4.69) is 27.5 Å². The second kappa shape index (κ2) is 5.47. The molecule has 0 fully saturated rings. The molecule has 0 amide bonds. The maximum absolute atomic E-state index is 4.61. The van der Waals surface area contributed by atoms with E-state index in [1.807, 2.05) is 48.5 Å². The molecular weight excluding hydrogens is 216 g/mol. The van der Waals surface area contributed by atoms with Crippen LogP contribution in [0.3, 0.4) is 0 Å². The van der Waals surface area contributed by atoms with Gasteiger partial charge in [-0.25, -0.2) is 4.72 Å². The molecular formula is C13H15N2S+. The molecule has 0 heterocycles. The Labute approximate surface area is 98.6 Å². The predicted molar refractivity (Wildman–Crippen MR) is 73.3 cm³/mol. The van der Waals surface area contributed by atoms with Crippen molar-refractivity contribution < 1.29 is 0 Å². The first kappa shape index (κ1) is 10.9. The molecule has 0 aliphatic heterocycles. The number of hydrogen-bond acceptors (Lipinski definition) is 1. The number of benzene rings is 2. The minimum Gasteiger partial charge on any atom is -0.225 e. The fourth-order valence-corrected chi connectivity index (χ4v) is 2.44. The van der Waals surface area contributed by atoms with E-state index in [1.54, 1.807) is 0 Å². The van der Waals surface area contributed by atoms with Crippen molar-refractivity contribution >= 4 is 22.3 Å². The maximum Gasteiger partial charge on any atom is 0.111 e. The quantitative estimate of drug-likeness (QED) is 0.634. The molecule has 82 valence electrons. The summed E-state index contributed by atoms with van der Waals surface area (Å²) in [6.07, 6.45) is 2.11. The minimum atomic E-state index is -0.558. The fourth-order valence-electron chi connectivity index (χ4n) is 1.39. The highest BCUT2D eigenvalue weighted by molar-refractivity contribution is 7.88. The van der Waals surface area contributed by atoms with Crippen molar-refractivity contribution in [2.45, 2.75) is 0 Å². The molecule has 0 aliphatic rings. The van der Waals surface area contributed by atoms with Gasteiger partial charge in [-0.15, -0.1) is 0 Å². The fraction of sp³-hybridized carbons (Fsp3) is 0.0769. The van der Waals surface area contributed by atoms with Crippen molar-refractivity contribution in [2.75, 3.05) is 11.0 Å². The Hall–Kier alpha value is -1.61. The molecule has 16 heavy (non-hydrogen) atoms. The lowest BCUT2D eigenvalue weighted by atomic mass is 10.3. The molecule has 3 heteroatoms. The van der Waals surface area contributed by atoms with Crippen molar-refractivity contribution in [3.05, 3.63) is 60.7 Å². The molecule has 0 saturated carbocycles. The molecule has 1 atom stereocenters. The summed E-state index contributed by atoms with van der Waals surface area (Å²) in [6, 6.07) is 20.2. The predicted octanol–water partition coefficient (Wildman–Crippen LogP) is 3.51. The molecule has 0 saturated heterocycles. The Balaban J connectivity index is 2.09. The third-order valence-electron chi connectivity index (χ3n) is 2.09. The van der Waals surface area contributed by atoms with Gasteiger partial charge in [0.15, 0.2) is 0 Å². The van der Waals surface area contributed by atoms with Crippen molar-refractivity contribution in [1.82, 2.24) is 0 Å². The van der Waals surface area contributed by atoms with Crippen LogP contribution in [-0.4, -0.2) is 6.26 Å². The average molecular weight is 231 g/mol. The highest BCUT2D eigenvalue weighted by Gasteiger charge is 1.96. The third kappa shape index (κ3) is 3.21. The van der Waals surface area contributed by atoms with Crippen LogP contribution in [-0.2, 0) is 10.9 Å². The van der Waals surface area contributed by atoms with E-state index in [0.29, 0.717) is 0 Å². The van der Waals surface area contributed by atoms with E-state index in [-0.39, 0.29) is 0 Å². The summed E-state index contributed by atoms with van der Waals surface area (Å²) in [5.74, 6) is 0. The summed E-state index contributed by atoms with van der Waals surface area (Å²) in [7, 11) is -0.558. The van der Waals surface area contributed by atoms with Gasteiger partial charge in [0.1, 0.15) is 11.9 Å². The summed E-state index contributed by atoms with van der Waals surface area (Å²) in [5.41, 5.74) is 2.15. The Morgan fingerprint density at radius 2 is 1.44 bits per heavy atom. The number of anilines is 1. The van der Waals surface area contributed by atoms with Gasteiger partial charge in [-0.1, -0.05) is 40.8 Å². The summed E-state index contributed by atoms with van der Waals surface area (Å²) in [5, 5.41) is 0. The summed E-state index contributed by atoms with van der Waals surface area (Å²) < 4.78 is 8.00. The first-order chi connectivity index (χ1) is 7.84. The molecule has 1 N–H and O–H groups in total. The number of thiol groups is 1. The summed E-state index contributed by atoms with van der Waals surface area (Å²) in [6.45, 7) is 0. The molecule has 0 aromatic heterocycles. The van der Waals surface area contributed by atoms with E-state index in [9.17, 15) is 0 Å². The highest BCUT2D eigenvalue weighted by atomic mass is 32.2. The topological polar surface area (TPSA) is 24.4 Å². The molecule has 2 aromatic rings. The van der Waals surface area contributed by atoms with Gasteiger partial charge in [0.2, 0.25) is 0 Å². The van der Waals surface area contributed by atoms with Gasteiger partial charge in [-0.05, 0) is 24.3 Å². The second-order valence-electron chi connectivity index (χ2n) is 3.44. The van der Waals surface area contributed by atoms with Crippen LogP contribution >= 0.6 is 0 Å². The third-order valence-corrected chi connectivity index (χ3v) is 3.20. The van der Waals surface area contributed by atoms with E-state index in [0.717, 1.165) is 11.4 Å². The van der Waals surface area contributed by atoms with Crippen LogP contribution in [0.1, 0.15) is 0 Å². The zero-order valence-electron chi connectivity index (χ0n) is 9.17. The van der Waals surface area contributed by atoms with Gasteiger partial charge in [-0.3, -0.25) is 0 Å². The molecule has 2 aromatic carbocycles. The van der Waals surface area contributed by atoms with Crippen molar-refractivity contribution in [3.63, 3.8) is 0 Å². The van der Waals surface area contributed by atoms with Crippen LogP contribution in [0.2, 0.25) is 0 Å². The highest BCUT2D eigenvalue weighted by Crippen LogP contribution is 2.13. The first-order valence-electron chi connectivity index (χ1n) is 5.17. The van der Waals surface area contributed by atoms with Crippen molar-refractivity contribution in [3.8, 4) is 0 Å². The van der Waals surface area contributed by atoms with Gasteiger partial charge < -0.3 is 0 Å². The molecule has 0 aliphatic carbocycles. The largest absolute Gasteiger partial charge is 0.225 e. The van der Waals surface area contributed by atoms with Gasteiger partial charge in [0, 0.05) is 10.9 Å². The van der Waals surface area contributed by atoms with Crippen LogP contribution in [0.5, 0.6) is 0 Å². The normalized spacial score (nSPS) is 12.3. The van der Waals surface area contributed by atoms with Gasteiger partial charge in [0.25, 0.3) is 0 Å². The maximum atomic E-state index is 4.61. The van der Waals surface area contributed by atoms with Crippen molar-refractivity contribution in [1.29, 1.82) is 0 Å². The van der Waals surface area contributed by atoms with Crippen LogP contribution < -0.4 is 4.72 Å². The Bertz CT molecular complexity index is 466. The van der Waals surface area contributed by atoms with E-state index in [4.69, 9.17) is 0 Å². The smallest absolute Gasteiger partial charge is 0.111 e. The Morgan fingerprint density at radius 1 is 0.875 bits per heavy atom. The van der Waals surface area contributed by atoms with E-state index in [1.165, 1.54) is 0 Å². The first-order valence-corrected chi connectivity index (χ1v) is 6.91. The molecule has 2 nitrogen and oxygen atoms in total. The number of nitrogens with one attached hydrogen (secondary N) is 1. The number of para-hydroxylation sites is 2. The number of rotatable bonds is 3. The lowest BCUT2D eigenvalue weighted by molar-refractivity contribution is 1.56. The lowest BCUT2D eigenvalue weighted by Gasteiger charge is -2.00. The number of nitrogens with zero attached hydrogens (tertiary/aromatic N) is 1. The van der Waals surface area contributed by atoms with E-state index < -0.39 is 10.9 Å². The SMILES string of the molecule is C[SH+](=Nc1ccccc1)Nc1ccccc1. The molecule has 0 spiro atoms. The standard InChI is InChI=1S/C13H14N2S/c1-16(14-12-8-4-2-5-9-12)15-13-10-6-3-7-11-13/h2-11H,1H3,(H,14,15)/p+1. The Morgan fingerprint density at radius 3 is 2.06 bits per heavy atom. The Kier molecular flexibility index (Phi) is 3.72. The molecule has 2 rings (SSSR count). The monoisotopic (exact) mass is 231 g/mol. The van der Waals surface area contributed by atoms with Gasteiger partial charge in [-0.2, -0.15) is 0 Å². The summed E-state index contributed by atoms with van der Waals surface area (Å²) in [4.78, 5) is 0. The van der Waals surface area contributed by atoms with Crippen molar-refractivity contribution in [2.24, 2.45) is 4.36 Å². The summed E-state index contributed by atoms with van der Waals surface area (Å²) >= 11 is 0. The van der Waals surface area contributed by atoms with E-state index >= 15 is 0 Å². The van der Waals surface area contributed by atoms with Crippen LogP contribution in [0, 0.1) is 0 Å². The number of hydrogen-bond donors (Lipinski definition) is 1. The van der Waals surface area contributed by atoms with Gasteiger partial charge >= 0.3 is 0 Å². The lowest BCUT2D eigenvalue weighted by Crippen LogP contribution is -2.00. The minimum absolute atomic E-state index is 0.558. The molecule has 1 unspecified atom stereocenters. The molecule has 0 radical (unpaired) electrons. The zero-order valence-corrected chi connectivity index (χ0v) is 10.1. The van der Waals surface area contributed by atoms with Gasteiger partial charge in [0.05, 0.1) is 5.69 Å². The van der Waals surface area contributed by atoms with Crippen LogP contribution in [0.4, 0.5) is 11.4 Å². The second-order valence-corrected chi connectivity index (χ2v) is 4.91. The zero-order chi connectivity index (χ0) is 11.2. The van der Waals surface area contributed by atoms with Crippen LogP contribution in [0.25, 0.3) is 0 Å². The average Bonchev–Trinajstić information content (AvgIpc) is 2.31. The molecule has 0 bridgehead atoms.